The fourth-order valence-electron chi connectivity index (χ4n) is 1.41. The SMILES string of the molecule is COc1ccc(Cl)cc1-c1cnnn1C. The Balaban J connectivity index is 2.60. The van der Waals surface area contributed by atoms with E-state index in [4.69, 9.17) is 16.3 Å². The first-order chi connectivity index (χ1) is 7.22. The molecule has 0 fully saturated rings. The number of hydrogen-bond acceptors (Lipinski definition) is 3. The van der Waals surface area contributed by atoms with E-state index in [0.29, 0.717) is 5.02 Å². The smallest absolute Gasteiger partial charge is 0.128 e. The molecule has 0 spiro atoms. The van der Waals surface area contributed by atoms with Crippen LogP contribution in [0.15, 0.2) is 24.4 Å². The van der Waals surface area contributed by atoms with Gasteiger partial charge in [-0.3, -0.25) is 0 Å². The van der Waals surface area contributed by atoms with Gasteiger partial charge in [-0.15, -0.1) is 5.10 Å². The molecular weight excluding hydrogens is 214 g/mol. The Morgan fingerprint density at radius 1 is 1.40 bits per heavy atom. The van der Waals surface area contributed by atoms with Crippen molar-refractivity contribution in [3.05, 3.63) is 29.4 Å². The average Bonchev–Trinajstić information content (AvgIpc) is 2.64. The molecule has 4 nitrogen and oxygen atoms in total. The highest BCUT2D eigenvalue weighted by atomic mass is 35.5. The zero-order valence-corrected chi connectivity index (χ0v) is 9.19. The highest BCUT2D eigenvalue weighted by Crippen LogP contribution is 2.31. The summed E-state index contributed by atoms with van der Waals surface area (Å²) in [5, 5.41) is 8.34. The zero-order chi connectivity index (χ0) is 10.8. The Bertz CT molecular complexity index is 481. The molecule has 0 aliphatic heterocycles. The van der Waals surface area contributed by atoms with Gasteiger partial charge in [-0.25, -0.2) is 4.68 Å². The average molecular weight is 224 g/mol. The molecule has 0 saturated carbocycles. The van der Waals surface area contributed by atoms with Crippen molar-refractivity contribution < 1.29 is 4.74 Å². The summed E-state index contributed by atoms with van der Waals surface area (Å²) in [4.78, 5) is 0. The molecule has 15 heavy (non-hydrogen) atoms. The first-order valence-corrected chi connectivity index (χ1v) is 4.79. The van der Waals surface area contributed by atoms with Gasteiger partial charge < -0.3 is 4.74 Å². The molecule has 1 aromatic heterocycles. The number of aryl methyl sites for hydroxylation is 1. The maximum Gasteiger partial charge on any atom is 0.128 e. The molecule has 5 heteroatoms. The van der Waals surface area contributed by atoms with Gasteiger partial charge in [-0.1, -0.05) is 16.8 Å². The van der Waals surface area contributed by atoms with Gasteiger partial charge >= 0.3 is 0 Å². The van der Waals surface area contributed by atoms with Gasteiger partial charge in [0.05, 0.1) is 19.0 Å². The number of benzene rings is 1. The molecule has 0 aliphatic carbocycles. The van der Waals surface area contributed by atoms with Crippen LogP contribution >= 0.6 is 11.6 Å². The molecule has 1 aromatic carbocycles. The molecule has 0 atom stereocenters. The molecule has 0 bridgehead atoms. The lowest BCUT2D eigenvalue weighted by Crippen LogP contribution is -1.96. The summed E-state index contributed by atoms with van der Waals surface area (Å²) < 4.78 is 6.93. The van der Waals surface area contributed by atoms with Gasteiger partial charge in [-0.05, 0) is 18.2 Å². The molecule has 0 radical (unpaired) electrons. The largest absolute Gasteiger partial charge is 0.496 e. The monoisotopic (exact) mass is 223 g/mol. The van der Waals surface area contributed by atoms with E-state index in [-0.39, 0.29) is 0 Å². The van der Waals surface area contributed by atoms with Gasteiger partial charge in [0.1, 0.15) is 5.75 Å². The molecule has 0 saturated heterocycles. The van der Waals surface area contributed by atoms with Gasteiger partial charge in [0.2, 0.25) is 0 Å². The second kappa shape index (κ2) is 3.90. The Labute approximate surface area is 92.4 Å². The number of nitrogens with zero attached hydrogens (tertiary/aromatic N) is 3. The summed E-state index contributed by atoms with van der Waals surface area (Å²) in [6, 6.07) is 5.44. The van der Waals surface area contributed by atoms with E-state index < -0.39 is 0 Å². The third-order valence-electron chi connectivity index (χ3n) is 2.15. The van der Waals surface area contributed by atoms with Crippen molar-refractivity contribution in [1.29, 1.82) is 0 Å². The molecule has 78 valence electrons. The van der Waals surface area contributed by atoms with Crippen LogP contribution in [0.25, 0.3) is 11.3 Å². The van der Waals surface area contributed by atoms with Crippen molar-refractivity contribution in [3.8, 4) is 17.0 Å². The lowest BCUT2D eigenvalue weighted by molar-refractivity contribution is 0.416. The van der Waals surface area contributed by atoms with Crippen LogP contribution in [0.3, 0.4) is 0 Å². The molecule has 0 amide bonds. The second-order valence-electron chi connectivity index (χ2n) is 3.09. The van der Waals surface area contributed by atoms with Crippen LogP contribution in [0.1, 0.15) is 0 Å². The fourth-order valence-corrected chi connectivity index (χ4v) is 1.59. The van der Waals surface area contributed by atoms with Gasteiger partial charge in [0, 0.05) is 17.6 Å². The maximum absolute atomic E-state index is 5.94. The Morgan fingerprint density at radius 2 is 2.20 bits per heavy atom. The third kappa shape index (κ3) is 1.80. The Hall–Kier alpha value is -1.55. The van der Waals surface area contributed by atoms with Crippen LogP contribution in [0.4, 0.5) is 0 Å². The van der Waals surface area contributed by atoms with Crippen molar-refractivity contribution in [3.63, 3.8) is 0 Å². The minimum absolute atomic E-state index is 0.659. The topological polar surface area (TPSA) is 39.9 Å². The number of hydrogen-bond donors (Lipinski definition) is 0. The maximum atomic E-state index is 5.94. The summed E-state index contributed by atoms with van der Waals surface area (Å²) in [5.41, 5.74) is 1.76. The fraction of sp³-hybridized carbons (Fsp3) is 0.200. The first-order valence-electron chi connectivity index (χ1n) is 4.41. The summed E-state index contributed by atoms with van der Waals surface area (Å²) in [6.45, 7) is 0. The molecule has 2 rings (SSSR count). The minimum atomic E-state index is 0.659. The standard InChI is InChI=1S/C10H10ClN3O/c1-14-9(6-12-13-14)8-5-7(11)3-4-10(8)15-2/h3-6H,1-2H3. The van der Waals surface area contributed by atoms with Gasteiger partial charge in [-0.2, -0.15) is 0 Å². The van der Waals surface area contributed by atoms with Crippen molar-refractivity contribution >= 4 is 11.6 Å². The predicted molar refractivity (Wildman–Crippen MR) is 58.0 cm³/mol. The van der Waals surface area contributed by atoms with E-state index in [0.717, 1.165) is 17.0 Å². The van der Waals surface area contributed by atoms with Crippen LogP contribution in [-0.2, 0) is 7.05 Å². The molecule has 1 heterocycles. The van der Waals surface area contributed by atoms with Gasteiger partial charge in [0.25, 0.3) is 0 Å². The van der Waals surface area contributed by atoms with E-state index in [9.17, 15) is 0 Å². The molecule has 0 N–H and O–H groups in total. The van der Waals surface area contributed by atoms with Crippen LogP contribution in [0, 0.1) is 0 Å². The van der Waals surface area contributed by atoms with Crippen LogP contribution in [0.2, 0.25) is 5.02 Å². The Kier molecular flexibility index (Phi) is 2.60. The number of methoxy groups -OCH3 is 1. The summed E-state index contributed by atoms with van der Waals surface area (Å²) in [5.74, 6) is 0.754. The second-order valence-corrected chi connectivity index (χ2v) is 3.52. The molecule has 2 aromatic rings. The quantitative estimate of drug-likeness (QED) is 0.783. The van der Waals surface area contributed by atoms with Crippen molar-refractivity contribution in [2.24, 2.45) is 7.05 Å². The number of ether oxygens (including phenoxy) is 1. The lowest BCUT2D eigenvalue weighted by Gasteiger charge is -2.08. The van der Waals surface area contributed by atoms with E-state index in [1.807, 2.05) is 19.2 Å². The third-order valence-corrected chi connectivity index (χ3v) is 2.39. The van der Waals surface area contributed by atoms with E-state index >= 15 is 0 Å². The first kappa shape index (κ1) is 9.98. The van der Waals surface area contributed by atoms with Gasteiger partial charge in [0.15, 0.2) is 0 Å². The van der Waals surface area contributed by atoms with E-state index in [1.54, 1.807) is 24.1 Å². The normalized spacial score (nSPS) is 10.3. The van der Waals surface area contributed by atoms with Crippen molar-refractivity contribution in [2.45, 2.75) is 0 Å². The number of rotatable bonds is 2. The summed E-state index contributed by atoms with van der Waals surface area (Å²) in [7, 11) is 3.44. The highest BCUT2D eigenvalue weighted by molar-refractivity contribution is 6.30. The highest BCUT2D eigenvalue weighted by Gasteiger charge is 2.10. The summed E-state index contributed by atoms with van der Waals surface area (Å²) >= 11 is 5.94. The summed E-state index contributed by atoms with van der Waals surface area (Å²) in [6.07, 6.45) is 1.67. The van der Waals surface area contributed by atoms with Crippen molar-refractivity contribution in [2.75, 3.05) is 7.11 Å². The minimum Gasteiger partial charge on any atom is -0.496 e. The van der Waals surface area contributed by atoms with Crippen LogP contribution in [-0.4, -0.2) is 22.1 Å². The molecule has 0 aliphatic rings. The number of halogens is 1. The lowest BCUT2D eigenvalue weighted by atomic mass is 10.1. The van der Waals surface area contributed by atoms with Crippen molar-refractivity contribution in [1.82, 2.24) is 15.0 Å². The van der Waals surface area contributed by atoms with E-state index in [2.05, 4.69) is 10.3 Å². The predicted octanol–water partition coefficient (Wildman–Crippen LogP) is 2.14. The number of aromatic nitrogens is 3. The van der Waals surface area contributed by atoms with E-state index in [1.165, 1.54) is 0 Å². The van der Waals surface area contributed by atoms with Crippen LogP contribution < -0.4 is 4.74 Å². The zero-order valence-electron chi connectivity index (χ0n) is 8.44. The van der Waals surface area contributed by atoms with Crippen LogP contribution in [0.5, 0.6) is 5.75 Å². The Morgan fingerprint density at radius 3 is 2.80 bits per heavy atom. The molecular formula is C10H10ClN3O. The molecule has 0 unspecified atom stereocenters.